The lowest BCUT2D eigenvalue weighted by Gasteiger charge is -1.94. The largest absolute Gasteiger partial charge is 0.389 e. The van der Waals surface area contributed by atoms with Crippen LogP contribution in [0.2, 0.25) is 0 Å². The first kappa shape index (κ1) is 8.65. The third-order valence-corrected chi connectivity index (χ3v) is 2.42. The van der Waals surface area contributed by atoms with Gasteiger partial charge in [0, 0.05) is 27.8 Å². The molecule has 3 nitrogen and oxygen atoms in total. The van der Waals surface area contributed by atoms with Crippen LogP contribution in [-0.2, 0) is 0 Å². The molecule has 13 heavy (non-hydrogen) atoms. The highest BCUT2D eigenvalue weighted by Gasteiger charge is 2.06. The van der Waals surface area contributed by atoms with Gasteiger partial charge in [0.05, 0.1) is 0 Å². The minimum absolute atomic E-state index is 0.381. The molecule has 0 saturated carbocycles. The van der Waals surface area contributed by atoms with E-state index >= 15 is 0 Å². The van der Waals surface area contributed by atoms with Crippen LogP contribution in [0.3, 0.4) is 0 Å². The van der Waals surface area contributed by atoms with E-state index in [2.05, 4.69) is 25.9 Å². The van der Waals surface area contributed by atoms with Gasteiger partial charge in [-0.05, 0) is 22.0 Å². The number of thiocarbonyl (C=S) groups is 1. The molecular formula is C8H6BrN3S. The third-order valence-electron chi connectivity index (χ3n) is 1.76. The topological polar surface area (TPSA) is 54.7 Å². The number of aromatic amines is 1. The minimum Gasteiger partial charge on any atom is -0.389 e. The Morgan fingerprint density at radius 3 is 3.08 bits per heavy atom. The molecule has 0 fully saturated rings. The molecule has 2 heterocycles. The molecule has 0 aliphatic carbocycles. The van der Waals surface area contributed by atoms with E-state index in [9.17, 15) is 0 Å². The lowest BCUT2D eigenvalue weighted by molar-refractivity contribution is 1.31. The second-order valence-electron chi connectivity index (χ2n) is 2.62. The summed E-state index contributed by atoms with van der Waals surface area (Å²) in [4.78, 5) is 7.54. The molecule has 0 aromatic carbocycles. The standard InChI is InChI=1S/C8H6BrN3S/c9-4-1-5-6(7(10)13)3-12-8(5)11-2-4/h1-3H,(H2,10,13)(H,11,12). The second-order valence-corrected chi connectivity index (χ2v) is 3.97. The molecule has 0 amide bonds. The maximum Gasteiger partial charge on any atom is 0.138 e. The van der Waals surface area contributed by atoms with Gasteiger partial charge in [-0.15, -0.1) is 0 Å². The summed E-state index contributed by atoms with van der Waals surface area (Å²) in [6, 6.07) is 1.94. The Hall–Kier alpha value is -0.940. The molecule has 5 heteroatoms. The van der Waals surface area contributed by atoms with Gasteiger partial charge in [-0.25, -0.2) is 4.98 Å². The van der Waals surface area contributed by atoms with Gasteiger partial charge in [0.1, 0.15) is 10.6 Å². The van der Waals surface area contributed by atoms with Crippen LogP contribution in [0.5, 0.6) is 0 Å². The molecule has 0 aliphatic heterocycles. The van der Waals surface area contributed by atoms with E-state index in [4.69, 9.17) is 18.0 Å². The quantitative estimate of drug-likeness (QED) is 0.767. The normalized spacial score (nSPS) is 10.5. The number of H-pyrrole nitrogens is 1. The van der Waals surface area contributed by atoms with Crippen molar-refractivity contribution in [3.8, 4) is 0 Å². The number of nitrogens with two attached hydrogens (primary N) is 1. The van der Waals surface area contributed by atoms with Gasteiger partial charge in [0.15, 0.2) is 0 Å². The molecule has 0 aliphatic rings. The van der Waals surface area contributed by atoms with Crippen molar-refractivity contribution in [3.05, 3.63) is 28.5 Å². The number of pyridine rings is 1. The average Bonchev–Trinajstić information content (AvgIpc) is 2.46. The highest BCUT2D eigenvalue weighted by Crippen LogP contribution is 2.20. The van der Waals surface area contributed by atoms with Gasteiger partial charge in [-0.2, -0.15) is 0 Å². The fraction of sp³-hybridized carbons (Fsp3) is 0. The molecule has 66 valence electrons. The number of hydrogen-bond donors (Lipinski definition) is 2. The monoisotopic (exact) mass is 255 g/mol. The van der Waals surface area contributed by atoms with Crippen LogP contribution >= 0.6 is 28.1 Å². The Morgan fingerprint density at radius 1 is 1.62 bits per heavy atom. The number of nitrogens with one attached hydrogen (secondary N) is 1. The molecule has 3 N–H and O–H groups in total. The summed E-state index contributed by atoms with van der Waals surface area (Å²) in [5, 5.41) is 0.946. The van der Waals surface area contributed by atoms with E-state index < -0.39 is 0 Å². The Balaban J connectivity index is 2.79. The second kappa shape index (κ2) is 3.08. The van der Waals surface area contributed by atoms with Crippen molar-refractivity contribution in [2.45, 2.75) is 0 Å². The van der Waals surface area contributed by atoms with Crippen molar-refractivity contribution < 1.29 is 0 Å². The maximum atomic E-state index is 5.54. The van der Waals surface area contributed by atoms with E-state index in [1.807, 2.05) is 6.07 Å². The zero-order valence-corrected chi connectivity index (χ0v) is 8.95. The Morgan fingerprint density at radius 2 is 2.38 bits per heavy atom. The van der Waals surface area contributed by atoms with Gasteiger partial charge in [-0.1, -0.05) is 12.2 Å². The van der Waals surface area contributed by atoms with Crippen LogP contribution in [0.25, 0.3) is 11.0 Å². The summed E-state index contributed by atoms with van der Waals surface area (Å²) in [6.45, 7) is 0. The number of aromatic nitrogens is 2. The van der Waals surface area contributed by atoms with E-state index in [0.29, 0.717) is 4.99 Å². The summed E-state index contributed by atoms with van der Waals surface area (Å²) in [5.74, 6) is 0. The van der Waals surface area contributed by atoms with E-state index in [0.717, 1.165) is 21.1 Å². The molecular weight excluding hydrogens is 250 g/mol. The predicted molar refractivity (Wildman–Crippen MR) is 59.7 cm³/mol. The Bertz CT molecular complexity index is 477. The molecule has 2 aromatic heterocycles. The predicted octanol–water partition coefficient (Wildman–Crippen LogP) is 1.96. The van der Waals surface area contributed by atoms with Crippen molar-refractivity contribution in [1.82, 2.24) is 9.97 Å². The zero-order chi connectivity index (χ0) is 9.42. The van der Waals surface area contributed by atoms with Crippen molar-refractivity contribution in [1.29, 1.82) is 0 Å². The van der Waals surface area contributed by atoms with Crippen LogP contribution < -0.4 is 5.73 Å². The first-order chi connectivity index (χ1) is 6.18. The first-order valence-electron chi connectivity index (χ1n) is 3.61. The number of halogens is 1. The molecule has 2 aromatic rings. The SMILES string of the molecule is NC(=S)c1c[nH]c2ncc(Br)cc12. The highest BCUT2D eigenvalue weighted by atomic mass is 79.9. The van der Waals surface area contributed by atoms with Crippen LogP contribution in [0, 0.1) is 0 Å². The fourth-order valence-electron chi connectivity index (χ4n) is 1.18. The van der Waals surface area contributed by atoms with Gasteiger partial charge < -0.3 is 10.7 Å². The molecule has 0 spiro atoms. The summed E-state index contributed by atoms with van der Waals surface area (Å²) in [6.07, 6.45) is 3.49. The summed E-state index contributed by atoms with van der Waals surface area (Å²) < 4.78 is 0.914. The summed E-state index contributed by atoms with van der Waals surface area (Å²) in [5.41, 5.74) is 7.17. The molecule has 0 saturated heterocycles. The molecule has 0 atom stereocenters. The fourth-order valence-corrected chi connectivity index (χ4v) is 1.68. The van der Waals surface area contributed by atoms with Gasteiger partial charge in [0.2, 0.25) is 0 Å². The number of rotatable bonds is 1. The van der Waals surface area contributed by atoms with Crippen LogP contribution in [0.15, 0.2) is 22.9 Å². The molecule has 0 unspecified atom stereocenters. The van der Waals surface area contributed by atoms with Crippen LogP contribution in [0.1, 0.15) is 5.56 Å². The highest BCUT2D eigenvalue weighted by molar-refractivity contribution is 9.10. The number of fused-ring (bicyclic) bond motifs is 1. The Kier molecular flexibility index (Phi) is 2.05. The zero-order valence-electron chi connectivity index (χ0n) is 6.54. The van der Waals surface area contributed by atoms with Crippen molar-refractivity contribution in [2.75, 3.05) is 0 Å². The van der Waals surface area contributed by atoms with Crippen molar-refractivity contribution in [3.63, 3.8) is 0 Å². The maximum absolute atomic E-state index is 5.54. The average molecular weight is 256 g/mol. The number of nitrogens with zero attached hydrogens (tertiary/aromatic N) is 1. The molecule has 0 bridgehead atoms. The van der Waals surface area contributed by atoms with Crippen LogP contribution in [0.4, 0.5) is 0 Å². The van der Waals surface area contributed by atoms with E-state index in [1.54, 1.807) is 12.4 Å². The van der Waals surface area contributed by atoms with E-state index in [-0.39, 0.29) is 0 Å². The number of hydrogen-bond acceptors (Lipinski definition) is 2. The molecule has 2 rings (SSSR count). The van der Waals surface area contributed by atoms with Gasteiger partial charge >= 0.3 is 0 Å². The van der Waals surface area contributed by atoms with Gasteiger partial charge in [-0.3, -0.25) is 0 Å². The van der Waals surface area contributed by atoms with Crippen LogP contribution in [-0.4, -0.2) is 15.0 Å². The Labute approximate surface area is 88.5 Å². The van der Waals surface area contributed by atoms with Crippen molar-refractivity contribution >= 4 is 44.2 Å². The van der Waals surface area contributed by atoms with Gasteiger partial charge in [0.25, 0.3) is 0 Å². The molecule has 0 radical (unpaired) electrons. The smallest absolute Gasteiger partial charge is 0.138 e. The lowest BCUT2D eigenvalue weighted by Crippen LogP contribution is -2.08. The first-order valence-corrected chi connectivity index (χ1v) is 4.81. The summed E-state index contributed by atoms with van der Waals surface area (Å²) >= 11 is 8.24. The minimum atomic E-state index is 0.381. The van der Waals surface area contributed by atoms with E-state index in [1.165, 1.54) is 0 Å². The summed E-state index contributed by atoms with van der Waals surface area (Å²) in [7, 11) is 0. The lowest BCUT2D eigenvalue weighted by atomic mass is 10.2. The third kappa shape index (κ3) is 1.45. The van der Waals surface area contributed by atoms with Crippen molar-refractivity contribution in [2.24, 2.45) is 5.73 Å².